The quantitative estimate of drug-likeness (QED) is 0.765. The van der Waals surface area contributed by atoms with Crippen LogP contribution in [0.15, 0.2) is 12.4 Å². The lowest BCUT2D eigenvalue weighted by Crippen LogP contribution is -2.40. The van der Waals surface area contributed by atoms with Gasteiger partial charge in [0.1, 0.15) is 0 Å². The molecule has 0 saturated carbocycles. The summed E-state index contributed by atoms with van der Waals surface area (Å²) in [7, 11) is 1.96. The van der Waals surface area contributed by atoms with Gasteiger partial charge in [-0.1, -0.05) is 20.8 Å². The molecule has 2 N–H and O–H groups in total. The van der Waals surface area contributed by atoms with E-state index in [1.165, 1.54) is 12.4 Å². The first-order chi connectivity index (χ1) is 11.8. The first-order valence-electron chi connectivity index (χ1n) is 8.89. The number of halogens is 2. The highest BCUT2D eigenvalue weighted by Crippen LogP contribution is 2.23. The van der Waals surface area contributed by atoms with Crippen LogP contribution in [0.4, 0.5) is 5.82 Å². The number of hydrogen-bond acceptors (Lipinski definition) is 5. The predicted octanol–water partition coefficient (Wildman–Crippen LogP) is 2.77. The number of aromatic nitrogens is 2. The molecule has 1 aromatic rings. The van der Waals surface area contributed by atoms with E-state index in [9.17, 15) is 9.59 Å². The van der Waals surface area contributed by atoms with Crippen LogP contribution in [-0.4, -0.2) is 53.4 Å². The Morgan fingerprint density at radius 1 is 1.15 bits per heavy atom. The minimum Gasteiger partial charge on any atom is -0.337 e. The highest BCUT2D eigenvalue weighted by molar-refractivity contribution is 6.02. The van der Waals surface area contributed by atoms with Crippen LogP contribution in [0.1, 0.15) is 50.5 Å². The summed E-state index contributed by atoms with van der Waals surface area (Å²) in [6.45, 7) is 7.89. The van der Waals surface area contributed by atoms with E-state index in [1.54, 1.807) is 0 Å². The van der Waals surface area contributed by atoms with Crippen molar-refractivity contribution in [2.75, 3.05) is 32.0 Å². The van der Waals surface area contributed by atoms with Crippen molar-refractivity contribution < 1.29 is 9.59 Å². The maximum atomic E-state index is 12.8. The molecule has 9 heteroatoms. The lowest BCUT2D eigenvalue weighted by atomic mass is 9.93. The molecule has 1 aliphatic rings. The molecule has 2 rings (SSSR count). The zero-order chi connectivity index (χ0) is 18.4. The Labute approximate surface area is 173 Å². The molecule has 7 nitrogen and oxygen atoms in total. The van der Waals surface area contributed by atoms with Crippen LogP contribution in [0.2, 0.25) is 0 Å². The molecule has 0 radical (unpaired) electrons. The number of carbonyl (C=O) groups is 2. The number of anilines is 1. The Balaban J connectivity index is 0.00000338. The zero-order valence-corrected chi connectivity index (χ0v) is 18.1. The fraction of sp³-hybridized carbons (Fsp3) is 0.667. The SMILES string of the molecule is CNCCC1CCN(C(=O)c2nccnc2NC(=O)C(C)(C)C)CC1.Cl.Cl. The number of nitrogens with zero attached hydrogens (tertiary/aromatic N) is 3. The zero-order valence-electron chi connectivity index (χ0n) is 16.4. The summed E-state index contributed by atoms with van der Waals surface area (Å²) in [5.41, 5.74) is -0.350. The molecule has 27 heavy (non-hydrogen) atoms. The van der Waals surface area contributed by atoms with E-state index >= 15 is 0 Å². The highest BCUT2D eigenvalue weighted by atomic mass is 35.5. The third-order valence-electron chi connectivity index (χ3n) is 4.52. The van der Waals surface area contributed by atoms with Crippen molar-refractivity contribution in [3.63, 3.8) is 0 Å². The third kappa shape index (κ3) is 7.24. The van der Waals surface area contributed by atoms with Crippen molar-refractivity contribution in [1.29, 1.82) is 0 Å². The first-order valence-corrected chi connectivity index (χ1v) is 8.89. The molecule has 0 aliphatic carbocycles. The monoisotopic (exact) mass is 419 g/mol. The minimum atomic E-state index is -0.566. The number of nitrogens with one attached hydrogen (secondary N) is 2. The third-order valence-corrected chi connectivity index (χ3v) is 4.52. The van der Waals surface area contributed by atoms with Crippen LogP contribution in [0.5, 0.6) is 0 Å². The van der Waals surface area contributed by atoms with Crippen molar-refractivity contribution in [1.82, 2.24) is 20.2 Å². The van der Waals surface area contributed by atoms with Gasteiger partial charge in [0.05, 0.1) is 0 Å². The second-order valence-electron chi connectivity index (χ2n) is 7.59. The number of hydrogen-bond donors (Lipinski definition) is 2. The van der Waals surface area contributed by atoms with Crippen molar-refractivity contribution in [3.05, 3.63) is 18.1 Å². The predicted molar refractivity (Wildman–Crippen MR) is 112 cm³/mol. The summed E-state index contributed by atoms with van der Waals surface area (Å²) in [5.74, 6) is 0.542. The molecule has 154 valence electrons. The van der Waals surface area contributed by atoms with E-state index in [2.05, 4.69) is 20.6 Å². The van der Waals surface area contributed by atoms with Crippen LogP contribution in [0.3, 0.4) is 0 Å². The summed E-state index contributed by atoms with van der Waals surface area (Å²) in [5, 5.41) is 5.91. The van der Waals surface area contributed by atoms with Gasteiger partial charge in [-0.15, -0.1) is 24.8 Å². The molecule has 0 bridgehead atoms. The lowest BCUT2D eigenvalue weighted by Gasteiger charge is -2.32. The topological polar surface area (TPSA) is 87.2 Å². The molecular formula is C18H31Cl2N5O2. The molecule has 1 aromatic heterocycles. The Bertz CT molecular complexity index is 614. The Morgan fingerprint density at radius 3 is 2.30 bits per heavy atom. The van der Waals surface area contributed by atoms with Crippen LogP contribution >= 0.6 is 24.8 Å². The largest absolute Gasteiger partial charge is 0.337 e. The molecule has 0 spiro atoms. The summed E-state index contributed by atoms with van der Waals surface area (Å²) < 4.78 is 0. The average molecular weight is 420 g/mol. The van der Waals surface area contributed by atoms with Gasteiger partial charge in [0, 0.05) is 30.9 Å². The highest BCUT2D eigenvalue weighted by Gasteiger charge is 2.28. The Hall–Kier alpha value is -1.44. The molecule has 0 unspecified atom stereocenters. The van der Waals surface area contributed by atoms with Crippen LogP contribution in [0.25, 0.3) is 0 Å². The van der Waals surface area contributed by atoms with Crippen molar-refractivity contribution in [3.8, 4) is 0 Å². The normalized spacial score (nSPS) is 14.7. The number of carbonyl (C=O) groups excluding carboxylic acids is 2. The second kappa shape index (κ2) is 11.4. The summed E-state index contributed by atoms with van der Waals surface area (Å²) in [6.07, 6.45) is 6.10. The summed E-state index contributed by atoms with van der Waals surface area (Å²) >= 11 is 0. The molecule has 1 fully saturated rings. The van der Waals surface area contributed by atoms with Crippen molar-refractivity contribution in [2.24, 2.45) is 11.3 Å². The van der Waals surface area contributed by atoms with Gasteiger partial charge in [0.15, 0.2) is 11.5 Å². The number of likely N-dealkylation sites (tertiary alicyclic amines) is 1. The van der Waals surface area contributed by atoms with Gasteiger partial charge >= 0.3 is 0 Å². The molecule has 1 aliphatic heterocycles. The van der Waals surface area contributed by atoms with E-state index in [0.717, 1.165) is 38.9 Å². The van der Waals surface area contributed by atoms with Gasteiger partial charge in [0.2, 0.25) is 5.91 Å². The van der Waals surface area contributed by atoms with Crippen molar-refractivity contribution >= 4 is 42.4 Å². The summed E-state index contributed by atoms with van der Waals surface area (Å²) in [4.78, 5) is 35.2. The van der Waals surface area contributed by atoms with Gasteiger partial charge in [0.25, 0.3) is 5.91 Å². The second-order valence-corrected chi connectivity index (χ2v) is 7.59. The van der Waals surface area contributed by atoms with Gasteiger partial charge in [-0.25, -0.2) is 9.97 Å². The standard InChI is InChI=1S/C18H29N5O2.2ClH/c1-18(2,3)17(25)22-15-14(20-9-10-21-15)16(24)23-11-6-13(7-12-23)5-8-19-4;;/h9-10,13,19H,5-8,11-12H2,1-4H3,(H,21,22,25);2*1H. The molecule has 0 atom stereocenters. The van der Waals surface area contributed by atoms with Crippen LogP contribution in [-0.2, 0) is 4.79 Å². The van der Waals surface area contributed by atoms with Gasteiger partial charge in [-0.2, -0.15) is 0 Å². The molecule has 0 aromatic carbocycles. The molecular weight excluding hydrogens is 389 g/mol. The van der Waals surface area contributed by atoms with E-state index in [0.29, 0.717) is 5.92 Å². The molecule has 2 heterocycles. The maximum absolute atomic E-state index is 12.8. The van der Waals surface area contributed by atoms with Gasteiger partial charge < -0.3 is 15.5 Å². The van der Waals surface area contributed by atoms with Crippen LogP contribution < -0.4 is 10.6 Å². The maximum Gasteiger partial charge on any atom is 0.276 e. The fourth-order valence-electron chi connectivity index (χ4n) is 2.80. The number of piperidine rings is 1. The number of amides is 2. The smallest absolute Gasteiger partial charge is 0.276 e. The Morgan fingerprint density at radius 2 is 1.74 bits per heavy atom. The molecule has 2 amide bonds. The lowest BCUT2D eigenvalue weighted by molar-refractivity contribution is -0.123. The van der Waals surface area contributed by atoms with Gasteiger partial charge in [-0.05, 0) is 38.8 Å². The average Bonchev–Trinajstić information content (AvgIpc) is 2.59. The number of rotatable bonds is 5. The molecule has 1 saturated heterocycles. The van der Waals surface area contributed by atoms with E-state index in [1.807, 2.05) is 32.7 Å². The van der Waals surface area contributed by atoms with E-state index in [4.69, 9.17) is 0 Å². The van der Waals surface area contributed by atoms with Crippen molar-refractivity contribution in [2.45, 2.75) is 40.0 Å². The van der Waals surface area contributed by atoms with Gasteiger partial charge in [-0.3, -0.25) is 9.59 Å². The minimum absolute atomic E-state index is 0. The fourth-order valence-corrected chi connectivity index (χ4v) is 2.80. The van der Waals surface area contributed by atoms with Crippen LogP contribution in [0, 0.1) is 11.3 Å². The van der Waals surface area contributed by atoms with E-state index < -0.39 is 5.41 Å². The first kappa shape index (κ1) is 25.6. The Kier molecular flexibility index (Phi) is 10.8. The van der Waals surface area contributed by atoms with E-state index in [-0.39, 0.29) is 48.1 Å². The summed E-state index contributed by atoms with van der Waals surface area (Å²) in [6, 6.07) is 0.